The normalized spacial score (nSPS) is 9.62. The minimum Gasteiger partial charge on any atom is -0.492 e. The lowest BCUT2D eigenvalue weighted by Crippen LogP contribution is -2.10. The summed E-state index contributed by atoms with van der Waals surface area (Å²) in [6.07, 6.45) is 0.344. The molecule has 1 N–H and O–H groups in total. The van der Waals surface area contributed by atoms with Gasteiger partial charge in [0.05, 0.1) is 25.8 Å². The highest BCUT2D eigenvalue weighted by atomic mass is 16.5. The number of carbonyl (C=O) groups excluding carboxylic acids is 1. The lowest BCUT2D eigenvalue weighted by atomic mass is 10.3. The molecule has 0 heterocycles. The zero-order valence-electron chi connectivity index (χ0n) is 9.66. The Kier molecular flexibility index (Phi) is 5.19. The molecular formula is C12H17NO3. The summed E-state index contributed by atoms with van der Waals surface area (Å²) in [6.45, 7) is 3.09. The molecule has 0 aliphatic rings. The molecular weight excluding hydrogens is 206 g/mol. The van der Waals surface area contributed by atoms with Gasteiger partial charge in [0.2, 0.25) is 0 Å². The second kappa shape index (κ2) is 6.71. The van der Waals surface area contributed by atoms with Crippen LogP contribution >= 0.6 is 0 Å². The third-order valence-electron chi connectivity index (χ3n) is 2.06. The number of anilines is 1. The van der Waals surface area contributed by atoms with E-state index in [0.717, 1.165) is 11.4 Å². The molecule has 88 valence electrons. The lowest BCUT2D eigenvalue weighted by Gasteiger charge is -2.11. The predicted molar refractivity (Wildman–Crippen MR) is 62.7 cm³/mol. The van der Waals surface area contributed by atoms with Gasteiger partial charge in [-0.05, 0) is 19.1 Å². The van der Waals surface area contributed by atoms with Crippen molar-refractivity contribution in [1.29, 1.82) is 0 Å². The molecule has 0 fully saturated rings. The summed E-state index contributed by atoms with van der Waals surface area (Å²) < 4.78 is 10.00. The van der Waals surface area contributed by atoms with Gasteiger partial charge in [-0.2, -0.15) is 0 Å². The highest BCUT2D eigenvalue weighted by Gasteiger charge is 2.03. The fourth-order valence-corrected chi connectivity index (χ4v) is 1.30. The molecule has 0 aliphatic carbocycles. The fourth-order valence-electron chi connectivity index (χ4n) is 1.30. The first-order valence-corrected chi connectivity index (χ1v) is 5.30. The Labute approximate surface area is 95.6 Å². The van der Waals surface area contributed by atoms with Gasteiger partial charge in [0.25, 0.3) is 0 Å². The van der Waals surface area contributed by atoms with Crippen molar-refractivity contribution in [3.63, 3.8) is 0 Å². The van der Waals surface area contributed by atoms with E-state index in [0.29, 0.717) is 19.6 Å². The maximum absolute atomic E-state index is 10.9. The van der Waals surface area contributed by atoms with Crippen molar-refractivity contribution in [2.24, 2.45) is 0 Å². The molecule has 1 rings (SSSR count). The topological polar surface area (TPSA) is 47.6 Å². The average Bonchev–Trinajstić information content (AvgIpc) is 2.31. The molecule has 0 bridgehead atoms. The first kappa shape index (κ1) is 12.4. The molecule has 16 heavy (non-hydrogen) atoms. The highest BCUT2D eigenvalue weighted by Crippen LogP contribution is 2.23. The average molecular weight is 223 g/mol. The van der Waals surface area contributed by atoms with Crippen LogP contribution in [0.1, 0.15) is 13.3 Å². The summed E-state index contributed by atoms with van der Waals surface area (Å²) in [7, 11) is 1.39. The van der Waals surface area contributed by atoms with Crippen LogP contribution in [-0.2, 0) is 9.53 Å². The Morgan fingerprint density at radius 3 is 2.81 bits per heavy atom. The molecule has 1 aromatic carbocycles. The van der Waals surface area contributed by atoms with Crippen molar-refractivity contribution >= 4 is 11.7 Å². The molecule has 0 aromatic heterocycles. The van der Waals surface area contributed by atoms with Gasteiger partial charge in [0.1, 0.15) is 5.75 Å². The second-order valence-electron chi connectivity index (χ2n) is 3.18. The number of esters is 1. The second-order valence-corrected chi connectivity index (χ2v) is 3.18. The van der Waals surface area contributed by atoms with E-state index in [2.05, 4.69) is 10.1 Å². The zero-order chi connectivity index (χ0) is 11.8. The third-order valence-corrected chi connectivity index (χ3v) is 2.06. The van der Waals surface area contributed by atoms with Gasteiger partial charge in [0.15, 0.2) is 0 Å². The minimum absolute atomic E-state index is 0.221. The number of carbonyl (C=O) groups is 1. The van der Waals surface area contributed by atoms with Crippen LogP contribution in [0.2, 0.25) is 0 Å². The Morgan fingerprint density at radius 2 is 2.12 bits per heavy atom. The van der Waals surface area contributed by atoms with E-state index in [1.54, 1.807) is 0 Å². The molecule has 0 spiro atoms. The van der Waals surface area contributed by atoms with Crippen molar-refractivity contribution in [2.75, 3.05) is 25.6 Å². The van der Waals surface area contributed by atoms with Crippen molar-refractivity contribution < 1.29 is 14.3 Å². The molecule has 0 aliphatic heterocycles. The van der Waals surface area contributed by atoms with Gasteiger partial charge in [0, 0.05) is 6.54 Å². The first-order chi connectivity index (χ1) is 7.77. The van der Waals surface area contributed by atoms with E-state index in [1.807, 2.05) is 31.2 Å². The zero-order valence-corrected chi connectivity index (χ0v) is 9.66. The van der Waals surface area contributed by atoms with Gasteiger partial charge >= 0.3 is 5.97 Å². The summed E-state index contributed by atoms with van der Waals surface area (Å²) in [6, 6.07) is 7.64. The van der Waals surface area contributed by atoms with Gasteiger partial charge < -0.3 is 14.8 Å². The van der Waals surface area contributed by atoms with Crippen LogP contribution in [0.15, 0.2) is 24.3 Å². The molecule has 0 saturated heterocycles. The quantitative estimate of drug-likeness (QED) is 0.750. The minimum atomic E-state index is -0.221. The Balaban J connectivity index is 2.49. The number of hydrogen-bond donors (Lipinski definition) is 1. The van der Waals surface area contributed by atoms with Gasteiger partial charge in [-0.25, -0.2) is 0 Å². The summed E-state index contributed by atoms with van der Waals surface area (Å²) in [5.74, 6) is 0.580. The van der Waals surface area contributed by atoms with Crippen LogP contribution in [0, 0.1) is 0 Å². The summed E-state index contributed by atoms with van der Waals surface area (Å²) in [5.41, 5.74) is 0.897. The summed E-state index contributed by atoms with van der Waals surface area (Å²) in [5, 5.41) is 3.14. The van der Waals surface area contributed by atoms with Crippen LogP contribution in [0.4, 0.5) is 5.69 Å². The number of benzene rings is 1. The fraction of sp³-hybridized carbons (Fsp3) is 0.417. The lowest BCUT2D eigenvalue weighted by molar-refractivity contribution is -0.140. The Morgan fingerprint density at radius 1 is 1.38 bits per heavy atom. The van der Waals surface area contributed by atoms with Gasteiger partial charge in [-0.15, -0.1) is 0 Å². The van der Waals surface area contributed by atoms with Crippen LogP contribution in [-0.4, -0.2) is 26.2 Å². The van der Waals surface area contributed by atoms with Crippen LogP contribution in [0.3, 0.4) is 0 Å². The van der Waals surface area contributed by atoms with Crippen LogP contribution < -0.4 is 10.1 Å². The first-order valence-electron chi connectivity index (χ1n) is 5.30. The van der Waals surface area contributed by atoms with Gasteiger partial charge in [-0.3, -0.25) is 4.79 Å². The van der Waals surface area contributed by atoms with Crippen molar-refractivity contribution in [3.05, 3.63) is 24.3 Å². The van der Waals surface area contributed by atoms with Gasteiger partial charge in [-0.1, -0.05) is 12.1 Å². The molecule has 0 radical (unpaired) electrons. The maximum atomic E-state index is 10.9. The van der Waals surface area contributed by atoms with E-state index >= 15 is 0 Å². The van der Waals surface area contributed by atoms with Crippen LogP contribution in [0.25, 0.3) is 0 Å². The Hall–Kier alpha value is -1.71. The summed E-state index contributed by atoms with van der Waals surface area (Å²) in [4.78, 5) is 10.9. The van der Waals surface area contributed by atoms with E-state index in [-0.39, 0.29) is 5.97 Å². The highest BCUT2D eigenvalue weighted by molar-refractivity contribution is 5.70. The molecule has 0 amide bonds. The predicted octanol–water partition coefficient (Wildman–Crippen LogP) is 2.06. The maximum Gasteiger partial charge on any atom is 0.307 e. The molecule has 4 heteroatoms. The molecule has 4 nitrogen and oxygen atoms in total. The third kappa shape index (κ3) is 3.81. The molecule has 0 unspecified atom stereocenters. The number of rotatable bonds is 6. The number of para-hydroxylation sites is 2. The largest absolute Gasteiger partial charge is 0.492 e. The molecule has 1 aromatic rings. The van der Waals surface area contributed by atoms with Crippen molar-refractivity contribution in [1.82, 2.24) is 0 Å². The standard InChI is InChI=1S/C12H17NO3/c1-3-16-11-7-5-4-6-10(11)13-9-8-12(14)15-2/h4-7,13H,3,8-9H2,1-2H3. The smallest absolute Gasteiger partial charge is 0.307 e. The number of ether oxygens (including phenoxy) is 2. The number of nitrogens with one attached hydrogen (secondary N) is 1. The van der Waals surface area contributed by atoms with E-state index < -0.39 is 0 Å². The summed E-state index contributed by atoms with van der Waals surface area (Å²) >= 11 is 0. The number of methoxy groups -OCH3 is 1. The monoisotopic (exact) mass is 223 g/mol. The van der Waals surface area contributed by atoms with E-state index in [4.69, 9.17) is 4.74 Å². The SMILES string of the molecule is CCOc1ccccc1NCCC(=O)OC. The Bertz CT molecular complexity index is 339. The van der Waals surface area contributed by atoms with E-state index in [9.17, 15) is 4.79 Å². The molecule has 0 saturated carbocycles. The van der Waals surface area contributed by atoms with Crippen molar-refractivity contribution in [3.8, 4) is 5.75 Å². The van der Waals surface area contributed by atoms with Crippen molar-refractivity contribution in [2.45, 2.75) is 13.3 Å². The van der Waals surface area contributed by atoms with Crippen LogP contribution in [0.5, 0.6) is 5.75 Å². The van der Waals surface area contributed by atoms with E-state index in [1.165, 1.54) is 7.11 Å². The molecule has 0 atom stereocenters. The number of hydrogen-bond acceptors (Lipinski definition) is 4.